The van der Waals surface area contributed by atoms with Crippen molar-refractivity contribution in [3.63, 3.8) is 0 Å². The van der Waals surface area contributed by atoms with Crippen LogP contribution in [0.3, 0.4) is 0 Å². The van der Waals surface area contributed by atoms with E-state index in [1.54, 1.807) is 6.07 Å². The van der Waals surface area contributed by atoms with Crippen molar-refractivity contribution in [2.24, 2.45) is 5.92 Å². The standard InChI is InChI=1S/C18H19NO3/c1-12(13-9-10-13)19-17(20)11-22-18(21)16-8-4-6-14-5-2-3-7-15(14)16/h2-8,12-13H,9-11H2,1H3,(H,19,20)/t12-/m0/s1. The topological polar surface area (TPSA) is 55.4 Å². The summed E-state index contributed by atoms with van der Waals surface area (Å²) in [6, 6.07) is 13.2. The molecule has 0 heterocycles. The molecule has 1 aliphatic carbocycles. The van der Waals surface area contributed by atoms with Crippen LogP contribution in [0.15, 0.2) is 42.5 Å². The molecular weight excluding hydrogens is 278 g/mol. The molecule has 0 saturated heterocycles. The number of nitrogens with one attached hydrogen (secondary N) is 1. The smallest absolute Gasteiger partial charge is 0.339 e. The minimum atomic E-state index is -0.467. The Hall–Kier alpha value is -2.36. The highest BCUT2D eigenvalue weighted by Crippen LogP contribution is 2.32. The first kappa shape index (κ1) is 14.6. The van der Waals surface area contributed by atoms with E-state index in [1.807, 2.05) is 43.3 Å². The highest BCUT2D eigenvalue weighted by molar-refractivity contribution is 6.04. The van der Waals surface area contributed by atoms with Crippen LogP contribution in [-0.2, 0) is 9.53 Å². The van der Waals surface area contributed by atoms with Gasteiger partial charge in [0.2, 0.25) is 0 Å². The zero-order valence-corrected chi connectivity index (χ0v) is 12.5. The summed E-state index contributed by atoms with van der Waals surface area (Å²) in [5.41, 5.74) is 0.487. The van der Waals surface area contributed by atoms with E-state index in [0.29, 0.717) is 11.5 Å². The molecule has 1 aliphatic rings. The van der Waals surface area contributed by atoms with Gasteiger partial charge in [0.1, 0.15) is 0 Å². The second-order valence-corrected chi connectivity index (χ2v) is 5.80. The third kappa shape index (κ3) is 3.27. The lowest BCUT2D eigenvalue weighted by Crippen LogP contribution is -2.37. The quantitative estimate of drug-likeness (QED) is 0.863. The molecule has 4 heteroatoms. The van der Waals surface area contributed by atoms with E-state index in [2.05, 4.69) is 5.32 Å². The number of carbonyl (C=O) groups is 2. The van der Waals surface area contributed by atoms with Crippen LogP contribution in [-0.4, -0.2) is 24.5 Å². The average molecular weight is 297 g/mol. The fourth-order valence-corrected chi connectivity index (χ4v) is 2.62. The minimum Gasteiger partial charge on any atom is -0.452 e. The summed E-state index contributed by atoms with van der Waals surface area (Å²) in [7, 11) is 0. The molecule has 0 radical (unpaired) electrons. The summed E-state index contributed by atoms with van der Waals surface area (Å²) in [5.74, 6) is -0.128. The fourth-order valence-electron chi connectivity index (χ4n) is 2.62. The molecular formula is C18H19NO3. The molecule has 2 aromatic rings. The third-order valence-electron chi connectivity index (χ3n) is 4.06. The van der Waals surface area contributed by atoms with E-state index >= 15 is 0 Å². The molecule has 0 spiro atoms. The lowest BCUT2D eigenvalue weighted by atomic mass is 10.1. The van der Waals surface area contributed by atoms with E-state index in [0.717, 1.165) is 23.6 Å². The van der Waals surface area contributed by atoms with Crippen molar-refractivity contribution >= 4 is 22.6 Å². The van der Waals surface area contributed by atoms with Crippen LogP contribution < -0.4 is 5.32 Å². The van der Waals surface area contributed by atoms with E-state index in [-0.39, 0.29) is 18.6 Å². The van der Waals surface area contributed by atoms with E-state index in [4.69, 9.17) is 4.74 Å². The summed E-state index contributed by atoms with van der Waals surface area (Å²) in [5, 5.41) is 4.68. The zero-order chi connectivity index (χ0) is 15.5. The van der Waals surface area contributed by atoms with Gasteiger partial charge in [-0.05, 0) is 42.5 Å². The molecule has 114 valence electrons. The Bertz CT molecular complexity index is 701. The molecule has 0 bridgehead atoms. The van der Waals surface area contributed by atoms with Gasteiger partial charge >= 0.3 is 5.97 Å². The molecule has 1 amide bonds. The first-order chi connectivity index (χ1) is 10.6. The van der Waals surface area contributed by atoms with Crippen molar-refractivity contribution in [1.82, 2.24) is 5.32 Å². The first-order valence-electron chi connectivity index (χ1n) is 7.59. The average Bonchev–Trinajstić information content (AvgIpc) is 3.37. The second-order valence-electron chi connectivity index (χ2n) is 5.80. The largest absolute Gasteiger partial charge is 0.452 e. The Labute approximate surface area is 129 Å². The Morgan fingerprint density at radius 1 is 1.18 bits per heavy atom. The van der Waals surface area contributed by atoms with Gasteiger partial charge in [-0.3, -0.25) is 4.79 Å². The van der Waals surface area contributed by atoms with Crippen LogP contribution in [0.4, 0.5) is 0 Å². The van der Waals surface area contributed by atoms with Crippen LogP contribution in [0.1, 0.15) is 30.1 Å². The molecule has 1 atom stereocenters. The summed E-state index contributed by atoms with van der Waals surface area (Å²) in [6.45, 7) is 1.75. The molecule has 4 nitrogen and oxygen atoms in total. The SMILES string of the molecule is C[C@H](NC(=O)COC(=O)c1cccc2ccccc12)C1CC1. The van der Waals surface area contributed by atoms with Crippen molar-refractivity contribution in [2.75, 3.05) is 6.61 Å². The maximum atomic E-state index is 12.2. The number of benzene rings is 2. The molecule has 0 unspecified atom stereocenters. The molecule has 1 N–H and O–H groups in total. The molecule has 2 aromatic carbocycles. The first-order valence-corrected chi connectivity index (χ1v) is 7.59. The van der Waals surface area contributed by atoms with Gasteiger partial charge in [-0.15, -0.1) is 0 Å². The molecule has 1 fully saturated rings. The zero-order valence-electron chi connectivity index (χ0n) is 12.5. The summed E-state index contributed by atoms with van der Waals surface area (Å²) in [6.07, 6.45) is 2.33. The van der Waals surface area contributed by atoms with Crippen LogP contribution >= 0.6 is 0 Å². The fraction of sp³-hybridized carbons (Fsp3) is 0.333. The summed E-state index contributed by atoms with van der Waals surface area (Å²) >= 11 is 0. The normalized spacial score (nSPS) is 15.3. The predicted octanol–water partition coefficient (Wildman–Crippen LogP) is 2.91. The number of amides is 1. The Kier molecular flexibility index (Phi) is 4.09. The van der Waals surface area contributed by atoms with Gasteiger partial charge in [0.25, 0.3) is 5.91 Å². The molecule has 3 rings (SSSR count). The van der Waals surface area contributed by atoms with Gasteiger partial charge in [-0.2, -0.15) is 0 Å². The van der Waals surface area contributed by atoms with E-state index in [1.165, 1.54) is 0 Å². The number of hydrogen-bond donors (Lipinski definition) is 1. The Balaban J connectivity index is 1.62. The lowest BCUT2D eigenvalue weighted by molar-refractivity contribution is -0.124. The monoisotopic (exact) mass is 297 g/mol. The number of ether oxygens (including phenoxy) is 1. The van der Waals surface area contributed by atoms with Crippen LogP contribution in [0.25, 0.3) is 10.8 Å². The molecule has 1 saturated carbocycles. The third-order valence-corrected chi connectivity index (χ3v) is 4.06. The summed E-state index contributed by atoms with van der Waals surface area (Å²) in [4.78, 5) is 24.0. The van der Waals surface area contributed by atoms with Gasteiger partial charge < -0.3 is 10.1 Å². The minimum absolute atomic E-state index is 0.156. The maximum Gasteiger partial charge on any atom is 0.339 e. The van der Waals surface area contributed by atoms with Gasteiger partial charge in [0, 0.05) is 6.04 Å². The second kappa shape index (κ2) is 6.18. The Morgan fingerprint density at radius 2 is 1.91 bits per heavy atom. The lowest BCUT2D eigenvalue weighted by Gasteiger charge is -2.13. The van der Waals surface area contributed by atoms with Crippen molar-refractivity contribution in [3.8, 4) is 0 Å². The molecule has 22 heavy (non-hydrogen) atoms. The Morgan fingerprint density at radius 3 is 2.68 bits per heavy atom. The van der Waals surface area contributed by atoms with E-state index < -0.39 is 5.97 Å². The van der Waals surface area contributed by atoms with Crippen molar-refractivity contribution in [1.29, 1.82) is 0 Å². The van der Waals surface area contributed by atoms with Crippen molar-refractivity contribution in [3.05, 3.63) is 48.0 Å². The predicted molar refractivity (Wildman–Crippen MR) is 84.6 cm³/mol. The number of hydrogen-bond acceptors (Lipinski definition) is 3. The van der Waals surface area contributed by atoms with Crippen molar-refractivity contribution in [2.45, 2.75) is 25.8 Å². The maximum absolute atomic E-state index is 12.2. The highest BCUT2D eigenvalue weighted by atomic mass is 16.5. The number of rotatable bonds is 5. The van der Waals surface area contributed by atoms with Gasteiger partial charge in [0.15, 0.2) is 6.61 Å². The van der Waals surface area contributed by atoms with Crippen LogP contribution in [0, 0.1) is 5.92 Å². The van der Waals surface area contributed by atoms with Gasteiger partial charge in [-0.25, -0.2) is 4.79 Å². The van der Waals surface area contributed by atoms with E-state index in [9.17, 15) is 9.59 Å². The molecule has 0 aromatic heterocycles. The number of esters is 1. The van der Waals surface area contributed by atoms with Crippen LogP contribution in [0.5, 0.6) is 0 Å². The van der Waals surface area contributed by atoms with Crippen LogP contribution in [0.2, 0.25) is 0 Å². The van der Waals surface area contributed by atoms with Gasteiger partial charge in [-0.1, -0.05) is 36.4 Å². The molecule has 0 aliphatic heterocycles. The summed E-state index contributed by atoms with van der Waals surface area (Å²) < 4.78 is 5.15. The van der Waals surface area contributed by atoms with Gasteiger partial charge in [0.05, 0.1) is 5.56 Å². The highest BCUT2D eigenvalue weighted by Gasteiger charge is 2.29. The number of fused-ring (bicyclic) bond motifs is 1. The number of carbonyl (C=O) groups excluding carboxylic acids is 2. The van der Waals surface area contributed by atoms with Crippen molar-refractivity contribution < 1.29 is 14.3 Å².